The van der Waals surface area contributed by atoms with Gasteiger partial charge < -0.3 is 4.57 Å². The van der Waals surface area contributed by atoms with Crippen molar-refractivity contribution in [2.75, 3.05) is 0 Å². The van der Waals surface area contributed by atoms with Crippen LogP contribution in [0.3, 0.4) is 0 Å². The van der Waals surface area contributed by atoms with Gasteiger partial charge in [-0.2, -0.15) is 0 Å². The number of Topliss-reactive ketones (excluding diaryl/α,β-unsaturated/α-hetero) is 1. The lowest BCUT2D eigenvalue weighted by atomic mass is 9.66. The van der Waals surface area contributed by atoms with Crippen LogP contribution in [-0.2, 0) is 31.2 Å². The number of hydrogen-bond acceptors (Lipinski definition) is 5. The first-order valence-electron chi connectivity index (χ1n) is 16.5. The molecule has 7 heteroatoms. The van der Waals surface area contributed by atoms with Gasteiger partial charge in [-0.25, -0.2) is 9.67 Å². The van der Waals surface area contributed by atoms with Gasteiger partial charge in [0.1, 0.15) is 17.1 Å². The summed E-state index contributed by atoms with van der Waals surface area (Å²) in [6.45, 7) is 9.25. The molecule has 234 valence electrons. The van der Waals surface area contributed by atoms with E-state index >= 15 is 0 Å². The minimum Gasteiger partial charge on any atom is -0.330 e. The Bertz CT molecular complexity index is 1770. The van der Waals surface area contributed by atoms with Crippen LogP contribution in [0, 0.1) is 25.2 Å². The smallest absolute Gasteiger partial charge is 0.143 e. The molecule has 0 saturated heterocycles. The number of hydrogen-bond donors (Lipinski definition) is 0. The number of carbonyl (C=O) groups is 1. The Morgan fingerprint density at radius 1 is 1.02 bits per heavy atom. The van der Waals surface area contributed by atoms with E-state index in [0.717, 1.165) is 52.2 Å². The van der Waals surface area contributed by atoms with Crippen molar-refractivity contribution in [3.63, 3.8) is 0 Å². The maximum atomic E-state index is 14.2. The molecule has 1 atom stereocenters. The highest BCUT2D eigenvalue weighted by atomic mass is 16.1. The van der Waals surface area contributed by atoms with E-state index in [-0.39, 0.29) is 11.7 Å². The highest BCUT2D eigenvalue weighted by Crippen LogP contribution is 2.45. The molecule has 1 fully saturated rings. The van der Waals surface area contributed by atoms with Gasteiger partial charge in [-0.05, 0) is 65.3 Å². The van der Waals surface area contributed by atoms with Crippen molar-refractivity contribution in [1.82, 2.24) is 29.5 Å². The van der Waals surface area contributed by atoms with Crippen LogP contribution in [0.2, 0.25) is 0 Å². The van der Waals surface area contributed by atoms with E-state index in [0.29, 0.717) is 6.42 Å². The Hall–Kier alpha value is -4.13. The summed E-state index contributed by atoms with van der Waals surface area (Å²) in [6, 6.07) is 14.9. The van der Waals surface area contributed by atoms with Crippen LogP contribution in [0.5, 0.6) is 0 Å². The van der Waals surface area contributed by atoms with Crippen LogP contribution in [0.25, 0.3) is 11.0 Å². The van der Waals surface area contributed by atoms with Crippen LogP contribution in [0.15, 0.2) is 67.3 Å². The number of rotatable bonds is 10. The fraction of sp³-hybridized carbons (Fsp3) is 0.447. The fourth-order valence-electron chi connectivity index (χ4n) is 7.35. The van der Waals surface area contributed by atoms with E-state index in [1.807, 2.05) is 30.1 Å². The van der Waals surface area contributed by atoms with Gasteiger partial charge in [0, 0.05) is 62.6 Å². The third kappa shape index (κ3) is 6.49. The van der Waals surface area contributed by atoms with E-state index in [1.54, 1.807) is 12.4 Å². The van der Waals surface area contributed by atoms with Gasteiger partial charge in [-0.1, -0.05) is 87.9 Å². The number of benzene rings is 2. The summed E-state index contributed by atoms with van der Waals surface area (Å²) in [7, 11) is 1.92. The molecule has 0 radical (unpaired) electrons. The number of aryl methyl sites for hydroxylation is 3. The van der Waals surface area contributed by atoms with Crippen LogP contribution >= 0.6 is 0 Å². The summed E-state index contributed by atoms with van der Waals surface area (Å²) in [6.07, 6.45) is 17.0. The standard InChI is InChI=1S/C38H46N6O/c1-26-14-15-30(23-31(26)25-44-20-19-40-35(44)22-28-11-8-6-7-9-12-28)36(32-16-17-33-37(27(32)2)41-42-43(33)5)38(3,4)34(45)21-29-13-10-18-39-24-29/h10,13-20,23-24,28,36H,6-9,11-12,21-22,25H2,1-5H3/t36-/m0/s1. The molecule has 1 aliphatic carbocycles. The third-order valence-electron chi connectivity index (χ3n) is 10.2. The zero-order chi connectivity index (χ0) is 31.6. The van der Waals surface area contributed by atoms with Crippen molar-refractivity contribution in [2.45, 2.75) is 91.5 Å². The summed E-state index contributed by atoms with van der Waals surface area (Å²) in [4.78, 5) is 23.3. The number of aromatic nitrogens is 6. The number of imidazole rings is 1. The van der Waals surface area contributed by atoms with Gasteiger partial charge in [-0.15, -0.1) is 5.10 Å². The molecule has 1 aliphatic rings. The van der Waals surface area contributed by atoms with E-state index in [9.17, 15) is 4.79 Å². The van der Waals surface area contributed by atoms with Crippen LogP contribution in [-0.4, -0.2) is 35.3 Å². The van der Waals surface area contributed by atoms with Crippen molar-refractivity contribution in [3.05, 3.63) is 106 Å². The molecule has 6 rings (SSSR count). The van der Waals surface area contributed by atoms with Crippen LogP contribution < -0.4 is 0 Å². The SMILES string of the molecule is Cc1ccc([C@@H](c2ccc3c(nnn3C)c2C)C(C)(C)C(=O)Cc2cccnc2)cc1Cn1ccnc1CC1CCCCCC1. The van der Waals surface area contributed by atoms with Crippen molar-refractivity contribution < 1.29 is 4.79 Å². The Kier molecular flexibility index (Phi) is 8.97. The highest BCUT2D eigenvalue weighted by Gasteiger charge is 2.39. The largest absolute Gasteiger partial charge is 0.330 e. The number of ketones is 1. The molecule has 7 nitrogen and oxygen atoms in total. The zero-order valence-electron chi connectivity index (χ0n) is 27.5. The quantitative estimate of drug-likeness (QED) is 0.153. The van der Waals surface area contributed by atoms with Crippen molar-refractivity contribution in [1.29, 1.82) is 0 Å². The van der Waals surface area contributed by atoms with Gasteiger partial charge in [-0.3, -0.25) is 9.78 Å². The lowest BCUT2D eigenvalue weighted by molar-refractivity contribution is -0.127. The molecule has 0 amide bonds. The Morgan fingerprint density at radius 2 is 1.82 bits per heavy atom. The van der Waals surface area contributed by atoms with Gasteiger partial charge in [0.2, 0.25) is 0 Å². The van der Waals surface area contributed by atoms with Crippen LogP contribution in [0.4, 0.5) is 0 Å². The molecule has 1 saturated carbocycles. The van der Waals surface area contributed by atoms with Gasteiger partial charge in [0.05, 0.1) is 5.52 Å². The maximum absolute atomic E-state index is 14.2. The molecule has 3 heterocycles. The lowest BCUT2D eigenvalue weighted by Gasteiger charge is -2.35. The van der Waals surface area contributed by atoms with Gasteiger partial charge in [0.15, 0.2) is 0 Å². The molecule has 0 spiro atoms. The van der Waals surface area contributed by atoms with E-state index in [1.165, 1.54) is 55.5 Å². The second-order valence-electron chi connectivity index (χ2n) is 13.7. The van der Waals surface area contributed by atoms with E-state index in [4.69, 9.17) is 4.98 Å². The normalized spacial score (nSPS) is 15.3. The summed E-state index contributed by atoms with van der Waals surface area (Å²) < 4.78 is 4.14. The number of nitrogens with zero attached hydrogens (tertiary/aromatic N) is 6. The number of pyridine rings is 1. The van der Waals surface area contributed by atoms with Gasteiger partial charge in [0.25, 0.3) is 0 Å². The molecule has 0 N–H and O–H groups in total. The molecule has 45 heavy (non-hydrogen) atoms. The molecular weight excluding hydrogens is 556 g/mol. The Balaban J connectivity index is 1.38. The molecular formula is C38H46N6O. The molecule has 0 unspecified atom stereocenters. The Morgan fingerprint density at radius 3 is 2.58 bits per heavy atom. The van der Waals surface area contributed by atoms with Crippen molar-refractivity contribution >= 4 is 16.8 Å². The first-order valence-corrected chi connectivity index (χ1v) is 16.5. The molecule has 2 aromatic carbocycles. The maximum Gasteiger partial charge on any atom is 0.143 e. The Labute approximate surface area is 267 Å². The van der Waals surface area contributed by atoms with E-state index < -0.39 is 5.41 Å². The summed E-state index contributed by atoms with van der Waals surface area (Å²) in [5.74, 6) is 1.90. The second kappa shape index (κ2) is 13.1. The lowest BCUT2D eigenvalue weighted by Crippen LogP contribution is -2.34. The predicted octanol–water partition coefficient (Wildman–Crippen LogP) is 7.71. The van der Waals surface area contributed by atoms with Gasteiger partial charge >= 0.3 is 0 Å². The molecule has 0 bridgehead atoms. The van der Waals surface area contributed by atoms with E-state index in [2.05, 4.69) is 84.1 Å². The zero-order valence-corrected chi connectivity index (χ0v) is 27.5. The van der Waals surface area contributed by atoms with Crippen molar-refractivity contribution in [3.8, 4) is 0 Å². The second-order valence-corrected chi connectivity index (χ2v) is 13.7. The van der Waals surface area contributed by atoms with Crippen LogP contribution in [0.1, 0.15) is 97.5 Å². The fourth-order valence-corrected chi connectivity index (χ4v) is 7.35. The molecule has 0 aliphatic heterocycles. The first kappa shape index (κ1) is 30.9. The summed E-state index contributed by atoms with van der Waals surface area (Å²) in [5.41, 5.74) is 7.90. The number of carbonyl (C=O) groups excluding carboxylic acids is 1. The minimum atomic E-state index is -0.706. The monoisotopic (exact) mass is 602 g/mol. The summed E-state index contributed by atoms with van der Waals surface area (Å²) in [5, 5.41) is 8.79. The average Bonchev–Trinajstić information content (AvgIpc) is 3.53. The van der Waals surface area contributed by atoms with Crippen molar-refractivity contribution in [2.24, 2.45) is 18.4 Å². The average molecular weight is 603 g/mol. The number of fused-ring (bicyclic) bond motifs is 1. The highest BCUT2D eigenvalue weighted by molar-refractivity contribution is 5.88. The molecule has 5 aromatic rings. The topological polar surface area (TPSA) is 78.5 Å². The first-order chi connectivity index (χ1) is 21.7. The minimum absolute atomic E-state index is 0.180. The summed E-state index contributed by atoms with van der Waals surface area (Å²) >= 11 is 0. The molecule has 3 aromatic heterocycles. The predicted molar refractivity (Wildman–Crippen MR) is 179 cm³/mol. The third-order valence-corrected chi connectivity index (χ3v) is 10.2.